The summed E-state index contributed by atoms with van der Waals surface area (Å²) in [6.07, 6.45) is 4.71. The highest BCUT2D eigenvalue weighted by atomic mass is 16.3. The highest BCUT2D eigenvalue weighted by Gasteiger charge is 2.31. The molecule has 1 atom stereocenters. The van der Waals surface area contributed by atoms with E-state index in [0.717, 1.165) is 32.1 Å². The van der Waals surface area contributed by atoms with Gasteiger partial charge >= 0.3 is 0 Å². The zero-order valence-electron chi connectivity index (χ0n) is 12.0. The van der Waals surface area contributed by atoms with Crippen molar-refractivity contribution in [2.24, 2.45) is 5.92 Å². The summed E-state index contributed by atoms with van der Waals surface area (Å²) in [5, 5.41) is 16.3. The molecule has 1 saturated carbocycles. The molecule has 0 spiro atoms. The van der Waals surface area contributed by atoms with Crippen LogP contribution < -0.4 is 10.6 Å². The topological polar surface area (TPSA) is 61.4 Å². The maximum Gasteiger partial charge on any atom is 0.234 e. The number of hydrogen-bond acceptors (Lipinski definition) is 3. The monoisotopic (exact) mass is 256 g/mol. The van der Waals surface area contributed by atoms with Crippen molar-refractivity contribution in [3.05, 3.63) is 0 Å². The highest BCUT2D eigenvalue weighted by molar-refractivity contribution is 5.78. The van der Waals surface area contributed by atoms with Crippen LogP contribution in [-0.2, 0) is 4.79 Å². The number of hydrogen-bond donors (Lipinski definition) is 3. The van der Waals surface area contributed by atoms with Gasteiger partial charge in [0.05, 0.1) is 12.1 Å². The predicted molar refractivity (Wildman–Crippen MR) is 73.3 cm³/mol. The second-order valence-electron chi connectivity index (χ2n) is 5.87. The van der Waals surface area contributed by atoms with Gasteiger partial charge in [-0.05, 0) is 44.9 Å². The zero-order chi connectivity index (χ0) is 13.6. The van der Waals surface area contributed by atoms with Crippen molar-refractivity contribution in [3.8, 4) is 0 Å². The molecule has 0 bridgehead atoms. The second kappa shape index (κ2) is 7.10. The van der Waals surface area contributed by atoms with E-state index < -0.39 is 5.60 Å². The molecule has 1 aliphatic rings. The summed E-state index contributed by atoms with van der Waals surface area (Å²) in [6, 6.07) is 0.356. The molecule has 106 valence electrons. The molecule has 0 aromatic carbocycles. The number of carbonyl (C=O) groups excluding carboxylic acids is 1. The van der Waals surface area contributed by atoms with E-state index >= 15 is 0 Å². The number of nitrogens with one attached hydrogen (secondary N) is 2. The Hall–Kier alpha value is -0.610. The van der Waals surface area contributed by atoms with Gasteiger partial charge in [-0.25, -0.2) is 0 Å². The van der Waals surface area contributed by atoms with Gasteiger partial charge in [-0.3, -0.25) is 4.79 Å². The van der Waals surface area contributed by atoms with Gasteiger partial charge in [0, 0.05) is 12.6 Å². The largest absolute Gasteiger partial charge is 0.388 e. The van der Waals surface area contributed by atoms with Crippen molar-refractivity contribution in [3.63, 3.8) is 0 Å². The first-order chi connectivity index (χ1) is 8.45. The fourth-order valence-corrected chi connectivity index (χ4v) is 2.21. The molecule has 1 fully saturated rings. The van der Waals surface area contributed by atoms with E-state index in [4.69, 9.17) is 0 Å². The molecule has 4 heteroatoms. The third-order valence-electron chi connectivity index (χ3n) is 4.04. The third-order valence-corrected chi connectivity index (χ3v) is 4.04. The van der Waals surface area contributed by atoms with Gasteiger partial charge in [0.1, 0.15) is 0 Å². The minimum absolute atomic E-state index is 0.0256. The van der Waals surface area contributed by atoms with Crippen LogP contribution in [0.1, 0.15) is 52.9 Å². The molecule has 1 rings (SSSR count). The third kappa shape index (κ3) is 5.36. The van der Waals surface area contributed by atoms with Crippen LogP contribution >= 0.6 is 0 Å². The Kier molecular flexibility index (Phi) is 6.09. The average Bonchev–Trinajstić information content (AvgIpc) is 2.37. The fourth-order valence-electron chi connectivity index (χ4n) is 2.21. The smallest absolute Gasteiger partial charge is 0.234 e. The van der Waals surface area contributed by atoms with Gasteiger partial charge in [-0.1, -0.05) is 13.8 Å². The van der Waals surface area contributed by atoms with E-state index in [1.54, 1.807) is 0 Å². The molecule has 3 N–H and O–H groups in total. The van der Waals surface area contributed by atoms with Gasteiger partial charge in [0.15, 0.2) is 0 Å². The molecule has 0 heterocycles. The zero-order valence-corrected chi connectivity index (χ0v) is 12.0. The minimum atomic E-state index is -0.682. The molecule has 0 saturated heterocycles. The lowest BCUT2D eigenvalue weighted by atomic mass is 9.79. The van der Waals surface area contributed by atoms with E-state index in [-0.39, 0.29) is 5.91 Å². The van der Waals surface area contributed by atoms with Crippen LogP contribution in [0.2, 0.25) is 0 Å². The van der Waals surface area contributed by atoms with E-state index in [1.807, 2.05) is 0 Å². The van der Waals surface area contributed by atoms with E-state index in [1.165, 1.54) is 0 Å². The van der Waals surface area contributed by atoms with Crippen LogP contribution in [0, 0.1) is 5.92 Å². The summed E-state index contributed by atoms with van der Waals surface area (Å²) >= 11 is 0. The van der Waals surface area contributed by atoms with Crippen molar-refractivity contribution in [2.45, 2.75) is 64.5 Å². The summed E-state index contributed by atoms with van der Waals surface area (Å²) in [5.74, 6) is 0.676. The second-order valence-corrected chi connectivity index (χ2v) is 5.87. The predicted octanol–water partition coefficient (Wildman–Crippen LogP) is 1.43. The van der Waals surface area contributed by atoms with Crippen LogP contribution in [0.15, 0.2) is 0 Å². The quantitative estimate of drug-likeness (QED) is 0.674. The maximum atomic E-state index is 11.6. The lowest BCUT2D eigenvalue weighted by molar-refractivity contribution is -0.122. The number of aliphatic hydroxyl groups is 1. The standard InChI is InChI=1S/C14H28N2O2/c1-4-12(3)15-9-13(17)16-10-14(18)7-5-11(2)6-8-14/h11-12,15,18H,4-10H2,1-3H3,(H,16,17). The van der Waals surface area contributed by atoms with E-state index in [2.05, 4.69) is 31.4 Å². The molecule has 1 aliphatic carbocycles. The van der Waals surface area contributed by atoms with Crippen molar-refractivity contribution in [1.29, 1.82) is 0 Å². The van der Waals surface area contributed by atoms with E-state index in [9.17, 15) is 9.90 Å². The van der Waals surface area contributed by atoms with Crippen LogP contribution in [0.4, 0.5) is 0 Å². The summed E-state index contributed by atoms with van der Waals surface area (Å²) in [4.78, 5) is 11.6. The van der Waals surface area contributed by atoms with Crippen molar-refractivity contribution in [1.82, 2.24) is 10.6 Å². The van der Waals surface area contributed by atoms with Gasteiger partial charge in [0.25, 0.3) is 0 Å². The Morgan fingerprint density at radius 3 is 2.61 bits per heavy atom. The Morgan fingerprint density at radius 2 is 2.06 bits per heavy atom. The summed E-state index contributed by atoms with van der Waals surface area (Å²) in [6.45, 7) is 7.08. The number of rotatable bonds is 6. The lowest BCUT2D eigenvalue weighted by Crippen LogP contribution is -2.47. The van der Waals surface area contributed by atoms with Crippen molar-refractivity contribution < 1.29 is 9.90 Å². The Labute approximate surface area is 111 Å². The van der Waals surface area contributed by atoms with Crippen LogP contribution in [0.3, 0.4) is 0 Å². The SMILES string of the molecule is CCC(C)NCC(=O)NCC1(O)CCC(C)CC1. The molecular formula is C14H28N2O2. The molecule has 1 amide bonds. The Balaban J connectivity index is 2.21. The van der Waals surface area contributed by atoms with Gasteiger partial charge in [-0.15, -0.1) is 0 Å². The summed E-state index contributed by atoms with van der Waals surface area (Å²) in [7, 11) is 0. The molecule has 0 aliphatic heterocycles. The first-order valence-electron chi connectivity index (χ1n) is 7.17. The average molecular weight is 256 g/mol. The van der Waals surface area contributed by atoms with Gasteiger partial charge < -0.3 is 15.7 Å². The Bertz CT molecular complexity index is 261. The molecule has 0 aromatic heterocycles. The summed E-state index contributed by atoms with van der Waals surface area (Å²) < 4.78 is 0. The molecule has 1 unspecified atom stereocenters. The van der Waals surface area contributed by atoms with Crippen LogP contribution in [0.5, 0.6) is 0 Å². The Morgan fingerprint density at radius 1 is 1.44 bits per heavy atom. The number of amides is 1. The molecule has 18 heavy (non-hydrogen) atoms. The maximum absolute atomic E-state index is 11.6. The van der Waals surface area contributed by atoms with E-state index in [0.29, 0.717) is 25.0 Å². The highest BCUT2D eigenvalue weighted by Crippen LogP contribution is 2.31. The first-order valence-corrected chi connectivity index (χ1v) is 7.17. The molecule has 0 radical (unpaired) electrons. The fraction of sp³-hybridized carbons (Fsp3) is 0.929. The van der Waals surface area contributed by atoms with Crippen LogP contribution in [-0.4, -0.2) is 35.7 Å². The van der Waals surface area contributed by atoms with Crippen LogP contribution in [0.25, 0.3) is 0 Å². The van der Waals surface area contributed by atoms with Gasteiger partial charge in [-0.2, -0.15) is 0 Å². The van der Waals surface area contributed by atoms with Crippen molar-refractivity contribution >= 4 is 5.91 Å². The normalized spacial score (nSPS) is 29.9. The number of carbonyl (C=O) groups is 1. The lowest BCUT2D eigenvalue weighted by Gasteiger charge is -2.35. The molecule has 4 nitrogen and oxygen atoms in total. The van der Waals surface area contributed by atoms with Crippen molar-refractivity contribution in [2.75, 3.05) is 13.1 Å². The summed E-state index contributed by atoms with van der Waals surface area (Å²) in [5.41, 5.74) is -0.682. The minimum Gasteiger partial charge on any atom is -0.388 e. The molecular weight excluding hydrogens is 228 g/mol. The first kappa shape index (κ1) is 15.4. The van der Waals surface area contributed by atoms with Gasteiger partial charge in [0.2, 0.25) is 5.91 Å². The molecule has 0 aromatic rings.